The molecule has 0 atom stereocenters. The van der Waals surface area contributed by atoms with Gasteiger partial charge in [0.25, 0.3) is 0 Å². The predicted molar refractivity (Wildman–Crippen MR) is 83.4 cm³/mol. The minimum absolute atomic E-state index is 0.199. The van der Waals surface area contributed by atoms with Crippen molar-refractivity contribution in [3.8, 4) is 0 Å². The van der Waals surface area contributed by atoms with Gasteiger partial charge in [-0.15, -0.1) is 0 Å². The van der Waals surface area contributed by atoms with Crippen molar-refractivity contribution in [1.82, 2.24) is 9.55 Å². The second-order valence-corrected chi connectivity index (χ2v) is 6.48. The summed E-state index contributed by atoms with van der Waals surface area (Å²) in [6.45, 7) is 0.840. The maximum absolute atomic E-state index is 13.7. The smallest absolute Gasteiger partial charge is 0.201 e. The molecule has 102 valence electrons. The minimum atomic E-state index is -0.199. The largest absolute Gasteiger partial charge is 0.369 e. The van der Waals surface area contributed by atoms with Gasteiger partial charge in [-0.3, -0.25) is 0 Å². The van der Waals surface area contributed by atoms with E-state index in [1.54, 1.807) is 12.1 Å². The Bertz CT molecular complexity index is 602. The lowest BCUT2D eigenvalue weighted by Crippen LogP contribution is -2.07. The molecule has 1 fully saturated rings. The Morgan fingerprint density at radius 2 is 2.11 bits per heavy atom. The summed E-state index contributed by atoms with van der Waals surface area (Å²) in [6, 6.07) is 3.31. The second-order valence-electron chi connectivity index (χ2n) is 5.32. The van der Waals surface area contributed by atoms with Crippen LogP contribution in [-0.4, -0.2) is 9.55 Å². The van der Waals surface area contributed by atoms with Crippen molar-refractivity contribution in [1.29, 1.82) is 0 Å². The average Bonchev–Trinajstić information content (AvgIpc) is 2.96. The zero-order chi connectivity index (χ0) is 13.4. The van der Waals surface area contributed by atoms with E-state index in [2.05, 4.69) is 4.98 Å². The molecule has 0 unspecified atom stereocenters. The van der Waals surface area contributed by atoms with Crippen LogP contribution in [0.5, 0.6) is 0 Å². The number of hydrogen-bond acceptors (Lipinski definition) is 2. The molecule has 1 aliphatic carbocycles. The monoisotopic (exact) mass is 373 g/mol. The summed E-state index contributed by atoms with van der Waals surface area (Å²) < 4.78 is 16.2. The quantitative estimate of drug-likeness (QED) is 0.829. The first kappa shape index (κ1) is 13.1. The lowest BCUT2D eigenvalue weighted by Gasteiger charge is -2.11. The fourth-order valence-electron chi connectivity index (χ4n) is 2.98. The molecule has 3 rings (SSSR count). The molecule has 19 heavy (non-hydrogen) atoms. The van der Waals surface area contributed by atoms with Gasteiger partial charge in [0, 0.05) is 12.6 Å². The summed E-state index contributed by atoms with van der Waals surface area (Å²) >= 11 is 1.98. The number of anilines is 1. The molecule has 2 aromatic rings. The third-order valence-electron chi connectivity index (χ3n) is 4.06. The van der Waals surface area contributed by atoms with Gasteiger partial charge in [-0.05, 0) is 41.0 Å². The zero-order valence-corrected chi connectivity index (χ0v) is 12.9. The Morgan fingerprint density at radius 1 is 1.37 bits per heavy atom. The van der Waals surface area contributed by atoms with Gasteiger partial charge < -0.3 is 10.3 Å². The van der Waals surface area contributed by atoms with Crippen LogP contribution in [0.25, 0.3) is 11.0 Å². The van der Waals surface area contributed by atoms with Crippen LogP contribution in [0, 0.1) is 15.3 Å². The SMILES string of the molecule is Nc1nc2cc(I)c(F)cc2n1CCC1CCCC1. The fourth-order valence-corrected chi connectivity index (χ4v) is 3.44. The first-order chi connectivity index (χ1) is 9.15. The molecule has 1 aromatic heterocycles. The van der Waals surface area contributed by atoms with Gasteiger partial charge in [-0.25, -0.2) is 9.37 Å². The van der Waals surface area contributed by atoms with E-state index in [4.69, 9.17) is 5.73 Å². The molecule has 1 saturated carbocycles. The number of rotatable bonds is 3. The Hall–Kier alpha value is -0.850. The highest BCUT2D eigenvalue weighted by molar-refractivity contribution is 14.1. The van der Waals surface area contributed by atoms with Crippen LogP contribution in [0.15, 0.2) is 12.1 Å². The van der Waals surface area contributed by atoms with Gasteiger partial charge >= 0.3 is 0 Å². The van der Waals surface area contributed by atoms with Crippen molar-refractivity contribution in [2.75, 3.05) is 5.73 Å². The van der Waals surface area contributed by atoms with Crippen LogP contribution in [-0.2, 0) is 6.54 Å². The van der Waals surface area contributed by atoms with Crippen molar-refractivity contribution in [3.63, 3.8) is 0 Å². The molecule has 0 spiro atoms. The number of hydrogen-bond donors (Lipinski definition) is 1. The third-order valence-corrected chi connectivity index (χ3v) is 4.88. The number of fused-ring (bicyclic) bond motifs is 1. The van der Waals surface area contributed by atoms with Crippen LogP contribution >= 0.6 is 22.6 Å². The van der Waals surface area contributed by atoms with Crippen LogP contribution < -0.4 is 5.73 Å². The van der Waals surface area contributed by atoms with E-state index in [1.165, 1.54) is 25.7 Å². The Morgan fingerprint density at radius 3 is 2.84 bits per heavy atom. The average molecular weight is 373 g/mol. The summed E-state index contributed by atoms with van der Waals surface area (Å²) in [5.41, 5.74) is 7.57. The molecule has 5 heteroatoms. The van der Waals surface area contributed by atoms with Crippen LogP contribution in [0.1, 0.15) is 32.1 Å². The molecule has 0 amide bonds. The first-order valence-electron chi connectivity index (χ1n) is 6.76. The van der Waals surface area contributed by atoms with Crippen molar-refractivity contribution in [3.05, 3.63) is 21.5 Å². The van der Waals surface area contributed by atoms with Gasteiger partial charge in [-0.2, -0.15) is 0 Å². The Balaban J connectivity index is 1.89. The number of imidazole rings is 1. The first-order valence-corrected chi connectivity index (χ1v) is 7.84. The van der Waals surface area contributed by atoms with E-state index in [0.29, 0.717) is 9.52 Å². The van der Waals surface area contributed by atoms with Crippen LogP contribution in [0.4, 0.5) is 10.3 Å². The highest BCUT2D eigenvalue weighted by Crippen LogP contribution is 2.29. The van der Waals surface area contributed by atoms with Crippen molar-refractivity contribution in [2.45, 2.75) is 38.6 Å². The summed E-state index contributed by atoms with van der Waals surface area (Å²) in [4.78, 5) is 4.33. The van der Waals surface area contributed by atoms with Crippen LogP contribution in [0.3, 0.4) is 0 Å². The van der Waals surface area contributed by atoms with Gasteiger partial charge in [0.05, 0.1) is 14.6 Å². The maximum atomic E-state index is 13.7. The molecular weight excluding hydrogens is 356 g/mol. The minimum Gasteiger partial charge on any atom is -0.369 e. The van der Waals surface area contributed by atoms with Gasteiger partial charge in [0.2, 0.25) is 5.95 Å². The number of aromatic nitrogens is 2. The van der Waals surface area contributed by atoms with Crippen molar-refractivity contribution in [2.24, 2.45) is 5.92 Å². The summed E-state index contributed by atoms with van der Waals surface area (Å²) in [6.07, 6.45) is 6.44. The Labute approximate surface area is 125 Å². The van der Waals surface area contributed by atoms with E-state index in [0.717, 1.165) is 29.9 Å². The van der Waals surface area contributed by atoms with Crippen molar-refractivity contribution < 1.29 is 4.39 Å². The fraction of sp³-hybridized carbons (Fsp3) is 0.500. The molecule has 1 heterocycles. The van der Waals surface area contributed by atoms with E-state index in [9.17, 15) is 4.39 Å². The normalized spacial score (nSPS) is 16.5. The van der Waals surface area contributed by atoms with E-state index < -0.39 is 0 Å². The highest BCUT2D eigenvalue weighted by atomic mass is 127. The highest BCUT2D eigenvalue weighted by Gasteiger charge is 2.17. The number of halogens is 2. The third kappa shape index (κ3) is 2.57. The number of nitrogens with zero attached hydrogens (tertiary/aromatic N) is 2. The van der Waals surface area contributed by atoms with E-state index in [1.807, 2.05) is 27.2 Å². The van der Waals surface area contributed by atoms with Gasteiger partial charge in [0.1, 0.15) is 5.82 Å². The second kappa shape index (κ2) is 5.26. The van der Waals surface area contributed by atoms with Gasteiger partial charge in [0.15, 0.2) is 0 Å². The molecular formula is C14H17FIN3. The summed E-state index contributed by atoms with van der Waals surface area (Å²) in [7, 11) is 0. The maximum Gasteiger partial charge on any atom is 0.201 e. The predicted octanol–water partition coefficient (Wildman–Crippen LogP) is 3.94. The van der Waals surface area contributed by atoms with Crippen LogP contribution in [0.2, 0.25) is 0 Å². The van der Waals surface area contributed by atoms with Gasteiger partial charge in [-0.1, -0.05) is 25.7 Å². The molecule has 3 nitrogen and oxygen atoms in total. The molecule has 0 saturated heterocycles. The molecule has 0 radical (unpaired) electrons. The molecule has 2 N–H and O–H groups in total. The molecule has 1 aliphatic rings. The molecule has 0 bridgehead atoms. The number of nitrogens with two attached hydrogens (primary N) is 1. The molecule has 0 aliphatic heterocycles. The van der Waals surface area contributed by atoms with E-state index >= 15 is 0 Å². The summed E-state index contributed by atoms with van der Waals surface area (Å²) in [5, 5.41) is 0. The number of benzene rings is 1. The zero-order valence-electron chi connectivity index (χ0n) is 10.7. The Kier molecular flexibility index (Phi) is 3.64. The number of nitrogen functional groups attached to an aromatic ring is 1. The standard InChI is InChI=1S/C14H17FIN3/c15-10-7-13-12(8-11(10)16)18-14(17)19(13)6-5-9-3-1-2-4-9/h7-9H,1-6H2,(H2,17,18). The topological polar surface area (TPSA) is 43.8 Å². The lowest BCUT2D eigenvalue weighted by atomic mass is 10.0. The number of aryl methyl sites for hydroxylation is 1. The molecule has 1 aromatic carbocycles. The van der Waals surface area contributed by atoms with E-state index in [-0.39, 0.29) is 5.82 Å². The lowest BCUT2D eigenvalue weighted by molar-refractivity contribution is 0.464. The van der Waals surface area contributed by atoms with Crippen molar-refractivity contribution >= 4 is 39.6 Å². The summed E-state index contributed by atoms with van der Waals surface area (Å²) in [5.74, 6) is 1.09.